The van der Waals surface area contributed by atoms with E-state index >= 15 is 0 Å². The Morgan fingerprint density at radius 1 is 1.28 bits per heavy atom. The third kappa shape index (κ3) is 2.20. The van der Waals surface area contributed by atoms with Crippen LogP contribution in [0.4, 0.5) is 0 Å². The van der Waals surface area contributed by atoms with Gasteiger partial charge in [0, 0.05) is 7.05 Å². The van der Waals surface area contributed by atoms with Crippen LogP contribution in [0.5, 0.6) is 11.5 Å². The minimum absolute atomic E-state index is 0.238. The van der Waals surface area contributed by atoms with Crippen molar-refractivity contribution in [1.29, 1.82) is 0 Å². The molecule has 5 nitrogen and oxygen atoms in total. The Kier molecular flexibility index (Phi) is 3.06. The predicted molar refractivity (Wildman–Crippen MR) is 66.2 cm³/mol. The molecule has 1 aromatic carbocycles. The minimum atomic E-state index is -0.949. The number of carboxylic acid groups (broad SMARTS) is 1. The molecule has 0 atom stereocenters. The van der Waals surface area contributed by atoms with Gasteiger partial charge in [0.05, 0.1) is 11.3 Å². The molecule has 0 aliphatic heterocycles. The number of ether oxygens (including phenoxy) is 1. The molecule has 2 aromatic rings. The molecular weight excluding hydrogens is 232 g/mol. The van der Waals surface area contributed by atoms with Gasteiger partial charge in [-0.1, -0.05) is 0 Å². The van der Waals surface area contributed by atoms with Crippen LogP contribution in [-0.4, -0.2) is 20.9 Å². The van der Waals surface area contributed by atoms with Gasteiger partial charge in [-0.25, -0.2) is 4.79 Å². The molecule has 1 aromatic heterocycles. The number of aryl methyl sites for hydroxylation is 2. The maximum Gasteiger partial charge on any atom is 0.335 e. The molecule has 0 radical (unpaired) electrons. The zero-order valence-electron chi connectivity index (χ0n) is 10.5. The lowest BCUT2D eigenvalue weighted by atomic mass is 10.2. The highest BCUT2D eigenvalue weighted by Crippen LogP contribution is 2.27. The average molecular weight is 246 g/mol. The van der Waals surface area contributed by atoms with Crippen molar-refractivity contribution >= 4 is 5.97 Å². The average Bonchev–Trinajstić information content (AvgIpc) is 2.57. The highest BCUT2D eigenvalue weighted by Gasteiger charge is 2.11. The summed E-state index contributed by atoms with van der Waals surface area (Å²) in [5, 5.41) is 13.1. The molecule has 0 saturated carbocycles. The number of aromatic carboxylic acids is 1. The van der Waals surface area contributed by atoms with Crippen molar-refractivity contribution in [1.82, 2.24) is 9.78 Å². The fraction of sp³-hybridized carbons (Fsp3) is 0.231. The van der Waals surface area contributed by atoms with Crippen molar-refractivity contribution in [3.63, 3.8) is 0 Å². The van der Waals surface area contributed by atoms with Gasteiger partial charge in [0.25, 0.3) is 0 Å². The van der Waals surface area contributed by atoms with Crippen LogP contribution in [0.2, 0.25) is 0 Å². The third-order valence-corrected chi connectivity index (χ3v) is 2.76. The third-order valence-electron chi connectivity index (χ3n) is 2.76. The van der Waals surface area contributed by atoms with Crippen LogP contribution in [0.25, 0.3) is 0 Å². The summed E-state index contributed by atoms with van der Waals surface area (Å²) >= 11 is 0. The Balaban J connectivity index is 2.26. The molecule has 0 saturated heterocycles. The zero-order chi connectivity index (χ0) is 13.3. The SMILES string of the molecule is Cc1nn(C)c(C)c1Oc1ccc(C(=O)O)cc1. The van der Waals surface area contributed by atoms with E-state index in [0.29, 0.717) is 11.5 Å². The molecule has 5 heteroatoms. The summed E-state index contributed by atoms with van der Waals surface area (Å²) in [6, 6.07) is 6.29. The second-order valence-electron chi connectivity index (χ2n) is 4.06. The summed E-state index contributed by atoms with van der Waals surface area (Å²) in [4.78, 5) is 10.7. The first-order valence-electron chi connectivity index (χ1n) is 5.50. The molecule has 0 aliphatic rings. The molecular formula is C13H14N2O3. The van der Waals surface area contributed by atoms with Gasteiger partial charge >= 0.3 is 5.97 Å². The Morgan fingerprint density at radius 3 is 2.33 bits per heavy atom. The fourth-order valence-corrected chi connectivity index (χ4v) is 1.69. The maximum absolute atomic E-state index is 10.7. The van der Waals surface area contributed by atoms with Crippen LogP contribution in [0.15, 0.2) is 24.3 Å². The number of rotatable bonds is 3. The van der Waals surface area contributed by atoms with E-state index in [2.05, 4.69) is 5.10 Å². The summed E-state index contributed by atoms with van der Waals surface area (Å²) in [6.07, 6.45) is 0. The van der Waals surface area contributed by atoms with Gasteiger partial charge in [-0.15, -0.1) is 0 Å². The molecule has 0 aliphatic carbocycles. The normalized spacial score (nSPS) is 10.4. The van der Waals surface area contributed by atoms with E-state index in [1.165, 1.54) is 12.1 Å². The van der Waals surface area contributed by atoms with Crippen LogP contribution in [0.1, 0.15) is 21.7 Å². The van der Waals surface area contributed by atoms with Crippen LogP contribution in [0, 0.1) is 13.8 Å². The van der Waals surface area contributed by atoms with E-state index in [1.807, 2.05) is 20.9 Å². The van der Waals surface area contributed by atoms with Crippen LogP contribution in [-0.2, 0) is 7.05 Å². The summed E-state index contributed by atoms with van der Waals surface area (Å²) in [6.45, 7) is 3.79. The summed E-state index contributed by atoms with van der Waals surface area (Å²) in [5.74, 6) is 0.357. The summed E-state index contributed by atoms with van der Waals surface area (Å²) in [5.41, 5.74) is 1.97. The van der Waals surface area contributed by atoms with Gasteiger partial charge in [0.1, 0.15) is 11.4 Å². The second-order valence-corrected chi connectivity index (χ2v) is 4.06. The van der Waals surface area contributed by atoms with E-state index in [-0.39, 0.29) is 5.56 Å². The molecule has 94 valence electrons. The fourth-order valence-electron chi connectivity index (χ4n) is 1.69. The predicted octanol–water partition coefficient (Wildman–Crippen LogP) is 2.53. The molecule has 0 amide bonds. The Hall–Kier alpha value is -2.30. The minimum Gasteiger partial charge on any atom is -0.478 e. The first-order chi connectivity index (χ1) is 8.49. The number of hydrogen-bond donors (Lipinski definition) is 1. The molecule has 0 spiro atoms. The number of aromatic nitrogens is 2. The standard InChI is InChI=1S/C13H14N2O3/c1-8-12(9(2)15(3)14-8)18-11-6-4-10(5-7-11)13(16)17/h4-7H,1-3H3,(H,16,17). The summed E-state index contributed by atoms with van der Waals surface area (Å²) < 4.78 is 7.47. The highest BCUT2D eigenvalue weighted by molar-refractivity contribution is 5.87. The first kappa shape index (κ1) is 12.2. The van der Waals surface area contributed by atoms with Gasteiger partial charge < -0.3 is 9.84 Å². The lowest BCUT2D eigenvalue weighted by Crippen LogP contribution is -1.96. The molecule has 1 heterocycles. The molecule has 0 bridgehead atoms. The lowest BCUT2D eigenvalue weighted by Gasteiger charge is -2.06. The van der Waals surface area contributed by atoms with Gasteiger partial charge in [-0.3, -0.25) is 4.68 Å². The topological polar surface area (TPSA) is 64.4 Å². The zero-order valence-corrected chi connectivity index (χ0v) is 10.5. The van der Waals surface area contributed by atoms with Crippen molar-refractivity contribution in [2.45, 2.75) is 13.8 Å². The number of nitrogens with zero attached hydrogens (tertiary/aromatic N) is 2. The molecule has 2 rings (SSSR count). The van der Waals surface area contributed by atoms with Gasteiger partial charge in [-0.2, -0.15) is 5.10 Å². The monoisotopic (exact) mass is 246 g/mol. The van der Waals surface area contributed by atoms with Crippen molar-refractivity contribution in [3.05, 3.63) is 41.2 Å². The second kappa shape index (κ2) is 4.52. The van der Waals surface area contributed by atoms with E-state index in [1.54, 1.807) is 16.8 Å². The molecule has 18 heavy (non-hydrogen) atoms. The Labute approximate surface area is 105 Å². The van der Waals surface area contributed by atoms with Crippen LogP contribution in [0.3, 0.4) is 0 Å². The quantitative estimate of drug-likeness (QED) is 0.903. The Morgan fingerprint density at radius 2 is 1.89 bits per heavy atom. The van der Waals surface area contributed by atoms with Crippen molar-refractivity contribution in [2.75, 3.05) is 0 Å². The van der Waals surface area contributed by atoms with Crippen LogP contribution < -0.4 is 4.74 Å². The van der Waals surface area contributed by atoms with Crippen molar-refractivity contribution < 1.29 is 14.6 Å². The number of carbonyl (C=O) groups is 1. The van der Waals surface area contributed by atoms with Crippen LogP contribution >= 0.6 is 0 Å². The smallest absolute Gasteiger partial charge is 0.335 e. The molecule has 0 fully saturated rings. The van der Waals surface area contributed by atoms with E-state index < -0.39 is 5.97 Å². The van der Waals surface area contributed by atoms with Crippen molar-refractivity contribution in [2.24, 2.45) is 7.05 Å². The largest absolute Gasteiger partial charge is 0.478 e. The number of carboxylic acids is 1. The lowest BCUT2D eigenvalue weighted by molar-refractivity contribution is 0.0697. The Bertz CT molecular complexity index is 585. The molecule has 1 N–H and O–H groups in total. The summed E-state index contributed by atoms with van der Waals surface area (Å²) in [7, 11) is 1.85. The number of benzene rings is 1. The van der Waals surface area contributed by atoms with E-state index in [4.69, 9.17) is 9.84 Å². The van der Waals surface area contributed by atoms with Gasteiger partial charge in [-0.05, 0) is 38.1 Å². The number of hydrogen-bond acceptors (Lipinski definition) is 3. The first-order valence-corrected chi connectivity index (χ1v) is 5.50. The van der Waals surface area contributed by atoms with E-state index in [9.17, 15) is 4.79 Å². The highest BCUT2D eigenvalue weighted by atomic mass is 16.5. The van der Waals surface area contributed by atoms with E-state index in [0.717, 1.165) is 11.4 Å². The van der Waals surface area contributed by atoms with Crippen molar-refractivity contribution in [3.8, 4) is 11.5 Å². The maximum atomic E-state index is 10.7. The van der Waals surface area contributed by atoms with Gasteiger partial charge in [0.15, 0.2) is 5.75 Å². The molecule has 0 unspecified atom stereocenters. The van der Waals surface area contributed by atoms with Gasteiger partial charge in [0.2, 0.25) is 0 Å².